The minimum atomic E-state index is -0.436. The molecule has 1 aliphatic heterocycles. The van der Waals surface area contributed by atoms with Crippen molar-refractivity contribution in [3.63, 3.8) is 0 Å². The van der Waals surface area contributed by atoms with Crippen LogP contribution in [0, 0.1) is 6.92 Å². The Balaban J connectivity index is 1.22. The van der Waals surface area contributed by atoms with Gasteiger partial charge in [0.2, 0.25) is 0 Å². The zero-order valence-corrected chi connectivity index (χ0v) is 22.9. The first-order valence-corrected chi connectivity index (χ1v) is 13.8. The van der Waals surface area contributed by atoms with Crippen LogP contribution >= 0.6 is 0 Å². The second-order valence-corrected chi connectivity index (χ2v) is 10.4. The van der Waals surface area contributed by atoms with E-state index in [1.807, 2.05) is 41.2 Å². The third-order valence-corrected chi connectivity index (χ3v) is 7.36. The zero-order chi connectivity index (χ0) is 28.2. The van der Waals surface area contributed by atoms with Gasteiger partial charge in [0.1, 0.15) is 6.61 Å². The van der Waals surface area contributed by atoms with Crippen molar-refractivity contribution in [2.45, 2.75) is 32.5 Å². The van der Waals surface area contributed by atoms with Crippen LogP contribution in [0.1, 0.15) is 37.5 Å². The molecule has 0 saturated heterocycles. The molecule has 1 aliphatic rings. The number of carbonyl (C=O) groups is 2. The van der Waals surface area contributed by atoms with Gasteiger partial charge in [0.15, 0.2) is 5.69 Å². The van der Waals surface area contributed by atoms with Crippen LogP contribution in [-0.2, 0) is 24.2 Å². The Labute approximate surface area is 238 Å². The molecule has 3 heterocycles. The Kier molecular flexibility index (Phi) is 7.45. The van der Waals surface area contributed by atoms with Gasteiger partial charge < -0.3 is 15.0 Å². The summed E-state index contributed by atoms with van der Waals surface area (Å²) in [6.07, 6.45) is 6.13. The van der Waals surface area contributed by atoms with Gasteiger partial charge in [-0.25, -0.2) is 4.79 Å². The summed E-state index contributed by atoms with van der Waals surface area (Å²) >= 11 is 0. The van der Waals surface area contributed by atoms with E-state index < -0.39 is 12.0 Å². The van der Waals surface area contributed by atoms with Gasteiger partial charge in [-0.3, -0.25) is 14.5 Å². The highest BCUT2D eigenvalue weighted by Crippen LogP contribution is 2.26. The van der Waals surface area contributed by atoms with E-state index in [1.54, 1.807) is 24.5 Å². The summed E-state index contributed by atoms with van der Waals surface area (Å²) in [5.41, 5.74) is 5.13. The van der Waals surface area contributed by atoms with Gasteiger partial charge in [-0.05, 0) is 42.0 Å². The van der Waals surface area contributed by atoms with Gasteiger partial charge in [0, 0.05) is 43.6 Å². The molecule has 0 saturated carbocycles. The van der Waals surface area contributed by atoms with Crippen LogP contribution in [0.5, 0.6) is 0 Å². The molecule has 0 bridgehead atoms. The van der Waals surface area contributed by atoms with Crippen LogP contribution in [0.3, 0.4) is 0 Å². The molecular formula is C33H31N5O3. The number of hydrogen-bond donors (Lipinski definition) is 1. The van der Waals surface area contributed by atoms with Crippen molar-refractivity contribution in [3.8, 4) is 0 Å². The largest absolute Gasteiger partial charge is 0.460 e. The Morgan fingerprint density at radius 3 is 2.66 bits per heavy atom. The predicted octanol–water partition coefficient (Wildman–Crippen LogP) is 4.96. The lowest BCUT2D eigenvalue weighted by Gasteiger charge is -2.26. The normalized spacial score (nSPS) is 14.8. The van der Waals surface area contributed by atoms with Crippen LogP contribution in [-0.4, -0.2) is 45.8 Å². The van der Waals surface area contributed by atoms with E-state index >= 15 is 0 Å². The van der Waals surface area contributed by atoms with Crippen molar-refractivity contribution in [3.05, 3.63) is 125 Å². The van der Waals surface area contributed by atoms with Crippen molar-refractivity contribution < 1.29 is 14.3 Å². The molecular weight excluding hydrogens is 514 g/mol. The maximum Gasteiger partial charge on any atom is 0.338 e. The number of nitrogens with zero attached hydrogens (tertiary/aromatic N) is 4. The van der Waals surface area contributed by atoms with E-state index in [0.717, 1.165) is 28.4 Å². The number of benzene rings is 3. The number of pyridine rings is 1. The average molecular weight is 546 g/mol. The highest BCUT2D eigenvalue weighted by atomic mass is 16.5. The third kappa shape index (κ3) is 5.96. The molecule has 41 heavy (non-hydrogen) atoms. The van der Waals surface area contributed by atoms with Gasteiger partial charge in [-0.15, -0.1) is 0 Å². The quantitative estimate of drug-likeness (QED) is 0.277. The van der Waals surface area contributed by atoms with Crippen LogP contribution in [0.25, 0.3) is 10.8 Å². The molecule has 8 nitrogen and oxygen atoms in total. The van der Waals surface area contributed by atoms with E-state index in [2.05, 4.69) is 63.6 Å². The van der Waals surface area contributed by atoms with E-state index in [1.165, 1.54) is 11.1 Å². The van der Waals surface area contributed by atoms with Crippen LogP contribution in [0.4, 0.5) is 5.69 Å². The fourth-order valence-corrected chi connectivity index (χ4v) is 5.18. The first kappa shape index (κ1) is 26.3. The topological polar surface area (TPSA) is 89.3 Å². The number of nitrogens with one attached hydrogen (secondary N) is 1. The number of rotatable bonds is 8. The second-order valence-electron chi connectivity index (χ2n) is 10.4. The molecule has 0 aliphatic carbocycles. The Hall–Kier alpha value is -4.98. The van der Waals surface area contributed by atoms with Crippen molar-refractivity contribution in [2.75, 3.05) is 18.1 Å². The summed E-state index contributed by atoms with van der Waals surface area (Å²) in [4.78, 5) is 32.7. The molecule has 206 valence electrons. The van der Waals surface area contributed by atoms with Crippen molar-refractivity contribution in [2.24, 2.45) is 0 Å². The lowest BCUT2D eigenvalue weighted by atomic mass is 10.1. The summed E-state index contributed by atoms with van der Waals surface area (Å²) in [7, 11) is 0. The van der Waals surface area contributed by atoms with Crippen molar-refractivity contribution >= 4 is 28.3 Å². The minimum Gasteiger partial charge on any atom is -0.460 e. The molecule has 8 heteroatoms. The van der Waals surface area contributed by atoms with Crippen molar-refractivity contribution in [1.29, 1.82) is 0 Å². The van der Waals surface area contributed by atoms with Gasteiger partial charge >= 0.3 is 5.97 Å². The smallest absolute Gasteiger partial charge is 0.338 e. The maximum atomic E-state index is 13.4. The fraction of sp³-hybridized carbons (Fsp3) is 0.212. The number of aryl methyl sites for hydroxylation is 3. The number of carbonyl (C=O) groups excluding carboxylic acids is 2. The van der Waals surface area contributed by atoms with Crippen LogP contribution < -0.4 is 10.2 Å². The minimum absolute atomic E-state index is 0.0364. The third-order valence-electron chi connectivity index (χ3n) is 7.36. The molecule has 6 rings (SSSR count). The highest BCUT2D eigenvalue weighted by Gasteiger charge is 2.30. The molecule has 3 aromatic carbocycles. The molecule has 0 radical (unpaired) electrons. The highest BCUT2D eigenvalue weighted by molar-refractivity contribution is 6.04. The molecule has 1 amide bonds. The lowest BCUT2D eigenvalue weighted by Crippen LogP contribution is -2.44. The predicted molar refractivity (Wildman–Crippen MR) is 158 cm³/mol. The first-order chi connectivity index (χ1) is 20.0. The molecule has 1 atom stereocenters. The SMILES string of the molecule is Cc1ccc(CN2C[C@H](COC(=O)c3cccc4cnccc34)NC(=O)c3nn(CCc4ccccc4)cc32)cc1. The molecule has 0 fully saturated rings. The summed E-state index contributed by atoms with van der Waals surface area (Å²) in [5.74, 6) is -0.712. The van der Waals surface area contributed by atoms with Gasteiger partial charge in [-0.2, -0.15) is 5.10 Å². The van der Waals surface area contributed by atoms with E-state index in [0.29, 0.717) is 30.9 Å². The van der Waals surface area contributed by atoms with E-state index in [4.69, 9.17) is 4.74 Å². The lowest BCUT2D eigenvalue weighted by molar-refractivity contribution is 0.0462. The number of esters is 1. The van der Waals surface area contributed by atoms with Crippen LogP contribution in [0.15, 0.2) is 97.5 Å². The maximum absolute atomic E-state index is 13.4. The molecule has 1 N–H and O–H groups in total. The molecule has 5 aromatic rings. The Morgan fingerprint density at radius 1 is 1.00 bits per heavy atom. The Bertz CT molecular complexity index is 1680. The fourth-order valence-electron chi connectivity index (χ4n) is 5.18. The number of fused-ring (bicyclic) bond motifs is 2. The second kappa shape index (κ2) is 11.6. The van der Waals surface area contributed by atoms with Crippen LogP contribution in [0.2, 0.25) is 0 Å². The first-order valence-electron chi connectivity index (χ1n) is 13.8. The summed E-state index contributed by atoms with van der Waals surface area (Å²) < 4.78 is 7.60. The molecule has 0 unspecified atom stereocenters. The number of ether oxygens (including phenoxy) is 1. The standard InChI is InChI=1S/C33H31N5O3/c1-23-10-12-25(13-11-23)19-37-20-27(22-41-33(40)29-9-5-8-26-18-34-16-14-28(26)29)35-32(39)31-30(37)21-38(36-31)17-15-24-6-3-2-4-7-24/h2-14,16,18,21,27H,15,17,19-20,22H2,1H3,(H,35,39)/t27-/m1/s1. The molecule has 0 spiro atoms. The van der Waals surface area contributed by atoms with E-state index in [9.17, 15) is 9.59 Å². The summed E-state index contributed by atoms with van der Waals surface area (Å²) in [6, 6.07) is 25.4. The number of amides is 1. The Morgan fingerprint density at radius 2 is 1.83 bits per heavy atom. The summed E-state index contributed by atoms with van der Waals surface area (Å²) in [5, 5.41) is 9.37. The number of hydrogen-bond acceptors (Lipinski definition) is 6. The number of aromatic nitrogens is 3. The summed E-state index contributed by atoms with van der Waals surface area (Å²) in [6.45, 7) is 3.81. The van der Waals surface area contributed by atoms with Gasteiger partial charge in [-0.1, -0.05) is 72.3 Å². The monoisotopic (exact) mass is 545 g/mol. The number of anilines is 1. The van der Waals surface area contributed by atoms with E-state index in [-0.39, 0.29) is 12.5 Å². The van der Waals surface area contributed by atoms with Crippen molar-refractivity contribution in [1.82, 2.24) is 20.1 Å². The average Bonchev–Trinajstić information content (AvgIpc) is 3.39. The van der Waals surface area contributed by atoms with Gasteiger partial charge in [0.25, 0.3) is 5.91 Å². The zero-order valence-electron chi connectivity index (χ0n) is 22.9. The molecule has 2 aromatic heterocycles. The van der Waals surface area contributed by atoms with Gasteiger partial charge in [0.05, 0.1) is 17.3 Å².